The van der Waals surface area contributed by atoms with E-state index in [1.807, 2.05) is 54.6 Å². The molecule has 0 atom stereocenters. The van der Waals surface area contributed by atoms with E-state index in [1.54, 1.807) is 24.3 Å². The maximum atomic E-state index is 12.7. The van der Waals surface area contributed by atoms with Gasteiger partial charge in [0, 0.05) is 23.4 Å². The largest absolute Gasteiger partial charge is 0.352 e. The van der Waals surface area contributed by atoms with Gasteiger partial charge in [-0.25, -0.2) is 0 Å². The van der Waals surface area contributed by atoms with Crippen molar-refractivity contribution in [3.63, 3.8) is 0 Å². The highest BCUT2D eigenvalue weighted by atomic mass is 16.2. The Morgan fingerprint density at radius 3 is 2.17 bits per heavy atom. The fourth-order valence-electron chi connectivity index (χ4n) is 3.18. The minimum atomic E-state index is -0.225. The standard InChI is InChI=1S/C25H26N2O2/c1-18(2)22-13-6-7-14-23(22)27-25(29)21-12-8-11-20(17-21)24(28)26-16-15-19-9-4-3-5-10-19/h3-14,17-18H,15-16H2,1-2H3,(H,26,28)(H,27,29). The molecule has 0 aromatic heterocycles. The van der Waals surface area contributed by atoms with Gasteiger partial charge < -0.3 is 10.6 Å². The van der Waals surface area contributed by atoms with Gasteiger partial charge in [-0.05, 0) is 47.7 Å². The predicted molar refractivity (Wildman–Crippen MR) is 117 cm³/mol. The van der Waals surface area contributed by atoms with Gasteiger partial charge in [0.15, 0.2) is 0 Å². The van der Waals surface area contributed by atoms with Crippen LogP contribution in [-0.2, 0) is 6.42 Å². The maximum Gasteiger partial charge on any atom is 0.255 e. The second-order valence-electron chi connectivity index (χ2n) is 7.27. The number of carbonyl (C=O) groups excluding carboxylic acids is 2. The van der Waals surface area contributed by atoms with Crippen molar-refractivity contribution < 1.29 is 9.59 Å². The van der Waals surface area contributed by atoms with Crippen LogP contribution in [0.25, 0.3) is 0 Å². The molecule has 0 aliphatic rings. The number of nitrogens with one attached hydrogen (secondary N) is 2. The molecule has 0 fully saturated rings. The summed E-state index contributed by atoms with van der Waals surface area (Å²) in [7, 11) is 0. The van der Waals surface area contributed by atoms with Crippen molar-refractivity contribution in [2.75, 3.05) is 11.9 Å². The number of carbonyl (C=O) groups is 2. The van der Waals surface area contributed by atoms with Crippen LogP contribution in [0.15, 0.2) is 78.9 Å². The highest BCUT2D eigenvalue weighted by Gasteiger charge is 2.13. The Labute approximate surface area is 172 Å². The van der Waals surface area contributed by atoms with Gasteiger partial charge >= 0.3 is 0 Å². The van der Waals surface area contributed by atoms with E-state index in [-0.39, 0.29) is 11.8 Å². The molecule has 0 heterocycles. The number of para-hydroxylation sites is 1. The first-order valence-electron chi connectivity index (χ1n) is 9.87. The summed E-state index contributed by atoms with van der Waals surface area (Å²) in [6.07, 6.45) is 0.763. The van der Waals surface area contributed by atoms with Crippen LogP contribution >= 0.6 is 0 Å². The van der Waals surface area contributed by atoms with Crippen LogP contribution in [0.2, 0.25) is 0 Å². The molecule has 0 bridgehead atoms. The number of hydrogen-bond acceptors (Lipinski definition) is 2. The number of benzene rings is 3. The van der Waals surface area contributed by atoms with E-state index in [1.165, 1.54) is 5.56 Å². The summed E-state index contributed by atoms with van der Waals surface area (Å²) in [6, 6.07) is 24.6. The highest BCUT2D eigenvalue weighted by Crippen LogP contribution is 2.24. The van der Waals surface area contributed by atoms with Gasteiger partial charge in [0.05, 0.1) is 0 Å². The molecule has 0 unspecified atom stereocenters. The van der Waals surface area contributed by atoms with Crippen molar-refractivity contribution >= 4 is 17.5 Å². The van der Waals surface area contributed by atoms with E-state index in [2.05, 4.69) is 24.5 Å². The van der Waals surface area contributed by atoms with Gasteiger partial charge in [0.25, 0.3) is 11.8 Å². The lowest BCUT2D eigenvalue weighted by atomic mass is 10.0. The summed E-state index contributed by atoms with van der Waals surface area (Å²) >= 11 is 0. The van der Waals surface area contributed by atoms with Crippen molar-refractivity contribution in [3.8, 4) is 0 Å². The molecule has 3 aromatic carbocycles. The lowest BCUT2D eigenvalue weighted by Gasteiger charge is -2.14. The van der Waals surface area contributed by atoms with Crippen LogP contribution in [0.5, 0.6) is 0 Å². The average molecular weight is 386 g/mol. The molecule has 148 valence electrons. The Hall–Kier alpha value is -3.40. The molecule has 3 aromatic rings. The third-order valence-electron chi connectivity index (χ3n) is 4.76. The monoisotopic (exact) mass is 386 g/mol. The molecule has 4 heteroatoms. The summed E-state index contributed by atoms with van der Waals surface area (Å²) in [5.74, 6) is -0.108. The molecule has 0 aliphatic heterocycles. The Morgan fingerprint density at radius 2 is 1.45 bits per heavy atom. The second kappa shape index (κ2) is 9.69. The lowest BCUT2D eigenvalue weighted by molar-refractivity contribution is 0.0954. The van der Waals surface area contributed by atoms with E-state index in [9.17, 15) is 9.59 Å². The first kappa shape index (κ1) is 20.3. The van der Waals surface area contributed by atoms with Gasteiger partial charge in [-0.3, -0.25) is 9.59 Å². The Morgan fingerprint density at radius 1 is 0.793 bits per heavy atom. The fourth-order valence-corrected chi connectivity index (χ4v) is 3.18. The minimum absolute atomic E-state index is 0.182. The molecular weight excluding hydrogens is 360 g/mol. The molecule has 3 rings (SSSR count). The van der Waals surface area contributed by atoms with E-state index < -0.39 is 0 Å². The molecule has 2 amide bonds. The van der Waals surface area contributed by atoms with Crippen molar-refractivity contribution in [2.45, 2.75) is 26.2 Å². The average Bonchev–Trinajstić information content (AvgIpc) is 2.74. The second-order valence-corrected chi connectivity index (χ2v) is 7.27. The first-order valence-corrected chi connectivity index (χ1v) is 9.87. The topological polar surface area (TPSA) is 58.2 Å². The molecule has 0 aliphatic carbocycles. The zero-order valence-corrected chi connectivity index (χ0v) is 16.8. The predicted octanol–water partition coefficient (Wildman–Crippen LogP) is 5.03. The Kier molecular flexibility index (Phi) is 6.80. The molecule has 29 heavy (non-hydrogen) atoms. The summed E-state index contributed by atoms with van der Waals surface area (Å²) in [5.41, 5.74) is 3.98. The SMILES string of the molecule is CC(C)c1ccccc1NC(=O)c1cccc(C(=O)NCCc2ccccc2)c1. The molecule has 0 spiro atoms. The minimum Gasteiger partial charge on any atom is -0.352 e. The van der Waals surface area contributed by atoms with Gasteiger partial charge in [-0.15, -0.1) is 0 Å². The van der Waals surface area contributed by atoms with Crippen LogP contribution in [0, 0.1) is 0 Å². The van der Waals surface area contributed by atoms with Crippen LogP contribution in [0.3, 0.4) is 0 Å². The smallest absolute Gasteiger partial charge is 0.255 e. The van der Waals surface area contributed by atoms with Crippen LogP contribution < -0.4 is 10.6 Å². The number of amides is 2. The summed E-state index contributed by atoms with van der Waals surface area (Å²) in [5, 5.41) is 5.89. The van der Waals surface area contributed by atoms with Crippen LogP contribution in [0.1, 0.15) is 51.6 Å². The van der Waals surface area contributed by atoms with Crippen molar-refractivity contribution in [2.24, 2.45) is 0 Å². The van der Waals surface area contributed by atoms with Crippen LogP contribution in [0.4, 0.5) is 5.69 Å². The molecular formula is C25H26N2O2. The molecule has 2 N–H and O–H groups in total. The van der Waals surface area contributed by atoms with Gasteiger partial charge in [0.1, 0.15) is 0 Å². The van der Waals surface area contributed by atoms with Gasteiger partial charge in [0.2, 0.25) is 0 Å². The molecule has 0 saturated carbocycles. The first-order chi connectivity index (χ1) is 14.0. The van der Waals surface area contributed by atoms with E-state index in [4.69, 9.17) is 0 Å². The van der Waals surface area contributed by atoms with Crippen LogP contribution in [-0.4, -0.2) is 18.4 Å². The van der Waals surface area contributed by atoms with Gasteiger partial charge in [-0.1, -0.05) is 68.4 Å². The van der Waals surface area contributed by atoms with E-state index in [0.717, 1.165) is 17.7 Å². The zero-order valence-electron chi connectivity index (χ0n) is 16.8. The Balaban J connectivity index is 1.64. The molecule has 4 nitrogen and oxygen atoms in total. The summed E-state index contributed by atoms with van der Waals surface area (Å²) in [6.45, 7) is 4.72. The maximum absolute atomic E-state index is 12.7. The molecule has 0 saturated heterocycles. The zero-order chi connectivity index (χ0) is 20.6. The fraction of sp³-hybridized carbons (Fsp3) is 0.200. The number of rotatable bonds is 7. The van der Waals surface area contributed by atoms with E-state index in [0.29, 0.717) is 23.6 Å². The third kappa shape index (κ3) is 5.55. The summed E-state index contributed by atoms with van der Waals surface area (Å²) in [4.78, 5) is 25.2. The van der Waals surface area contributed by atoms with Gasteiger partial charge in [-0.2, -0.15) is 0 Å². The quantitative estimate of drug-likeness (QED) is 0.598. The summed E-state index contributed by atoms with van der Waals surface area (Å²) < 4.78 is 0. The normalized spacial score (nSPS) is 10.6. The Bertz CT molecular complexity index is 981. The van der Waals surface area contributed by atoms with Crippen molar-refractivity contribution in [1.29, 1.82) is 0 Å². The van der Waals surface area contributed by atoms with Crippen molar-refractivity contribution in [3.05, 3.63) is 101 Å². The third-order valence-corrected chi connectivity index (χ3v) is 4.76. The number of hydrogen-bond donors (Lipinski definition) is 2. The van der Waals surface area contributed by atoms with E-state index >= 15 is 0 Å². The number of anilines is 1. The molecule has 0 radical (unpaired) electrons. The highest BCUT2D eigenvalue weighted by molar-refractivity contribution is 6.06. The lowest BCUT2D eigenvalue weighted by Crippen LogP contribution is -2.26. The van der Waals surface area contributed by atoms with Crippen molar-refractivity contribution in [1.82, 2.24) is 5.32 Å².